The van der Waals surface area contributed by atoms with Gasteiger partial charge in [-0.3, -0.25) is 9.59 Å². The predicted molar refractivity (Wildman–Crippen MR) is 138 cm³/mol. The number of carbonyl (C=O) groups excluding carboxylic acids is 1. The maximum Gasteiger partial charge on any atom is 0.292 e. The maximum absolute atomic E-state index is 12.8. The molecule has 0 saturated carbocycles. The van der Waals surface area contributed by atoms with Crippen molar-refractivity contribution < 1.29 is 9.32 Å². The normalized spacial score (nSPS) is 17.4. The second-order valence-electron chi connectivity index (χ2n) is 9.19. The monoisotopic (exact) mass is 495 g/mol. The van der Waals surface area contributed by atoms with E-state index < -0.39 is 0 Å². The highest BCUT2D eigenvalue weighted by Crippen LogP contribution is 2.38. The van der Waals surface area contributed by atoms with Crippen LogP contribution in [0.4, 0.5) is 5.69 Å². The van der Waals surface area contributed by atoms with Gasteiger partial charge in [0.15, 0.2) is 0 Å². The van der Waals surface area contributed by atoms with Gasteiger partial charge in [0, 0.05) is 43.9 Å². The van der Waals surface area contributed by atoms with Crippen LogP contribution in [0.15, 0.2) is 82.4 Å². The number of anilines is 1. The molecule has 37 heavy (non-hydrogen) atoms. The zero-order valence-corrected chi connectivity index (χ0v) is 20.4. The van der Waals surface area contributed by atoms with Crippen molar-refractivity contribution in [2.45, 2.75) is 25.4 Å². The standard InChI is InChI=1S/C27H25N7O3/c1-17-29-26(31-37-17)27(36)30-22-12-13-33(25(22)18-6-4-3-5-7-18)20-8-10-23-19(14-20)15-28-34(23)21-9-11-24(35)32(2)16-21/h3-11,14-16,22,25H,12-13H2,1-2H3,(H,30,36). The van der Waals surface area contributed by atoms with Crippen LogP contribution in [0.3, 0.4) is 0 Å². The number of aryl methyl sites for hydroxylation is 2. The van der Waals surface area contributed by atoms with Gasteiger partial charge in [-0.15, -0.1) is 0 Å². The van der Waals surface area contributed by atoms with E-state index in [1.54, 1.807) is 26.2 Å². The molecule has 0 bridgehead atoms. The third-order valence-corrected chi connectivity index (χ3v) is 6.78. The Morgan fingerprint density at radius 3 is 2.65 bits per heavy atom. The molecular weight excluding hydrogens is 470 g/mol. The summed E-state index contributed by atoms with van der Waals surface area (Å²) in [6, 6.07) is 19.5. The minimum Gasteiger partial charge on any atom is -0.362 e. The Balaban J connectivity index is 1.33. The summed E-state index contributed by atoms with van der Waals surface area (Å²) in [4.78, 5) is 31.0. The summed E-state index contributed by atoms with van der Waals surface area (Å²) in [5.74, 6) is 0.0398. The lowest BCUT2D eigenvalue weighted by molar-refractivity contribution is 0.0921. The van der Waals surface area contributed by atoms with Gasteiger partial charge in [0.2, 0.25) is 11.4 Å². The van der Waals surface area contributed by atoms with E-state index >= 15 is 0 Å². The maximum atomic E-state index is 12.8. The van der Waals surface area contributed by atoms with Gasteiger partial charge in [-0.25, -0.2) is 4.68 Å². The summed E-state index contributed by atoms with van der Waals surface area (Å²) >= 11 is 0. The van der Waals surface area contributed by atoms with Crippen molar-refractivity contribution in [3.05, 3.63) is 101 Å². The number of pyridine rings is 1. The van der Waals surface area contributed by atoms with Gasteiger partial charge in [0.1, 0.15) is 0 Å². The molecule has 1 aliphatic heterocycles. The first-order chi connectivity index (χ1) is 18.0. The lowest BCUT2D eigenvalue weighted by Gasteiger charge is -2.30. The van der Waals surface area contributed by atoms with Crippen molar-refractivity contribution in [2.75, 3.05) is 11.4 Å². The molecule has 2 atom stereocenters. The quantitative estimate of drug-likeness (QED) is 0.399. The molecule has 1 aliphatic rings. The smallest absolute Gasteiger partial charge is 0.292 e. The molecule has 2 aromatic carbocycles. The summed E-state index contributed by atoms with van der Waals surface area (Å²) < 4.78 is 8.35. The summed E-state index contributed by atoms with van der Waals surface area (Å²) in [7, 11) is 1.72. The first-order valence-corrected chi connectivity index (χ1v) is 12.1. The fraction of sp³-hybridized carbons (Fsp3) is 0.222. The van der Waals surface area contributed by atoms with E-state index in [0.29, 0.717) is 5.89 Å². The van der Waals surface area contributed by atoms with Gasteiger partial charge in [-0.1, -0.05) is 35.5 Å². The fourth-order valence-corrected chi connectivity index (χ4v) is 5.03. The van der Waals surface area contributed by atoms with Crippen molar-refractivity contribution in [3.63, 3.8) is 0 Å². The van der Waals surface area contributed by atoms with Crippen LogP contribution < -0.4 is 15.8 Å². The first kappa shape index (κ1) is 22.7. The van der Waals surface area contributed by atoms with Crippen molar-refractivity contribution in [1.82, 2.24) is 29.8 Å². The Bertz CT molecular complexity index is 1650. The summed E-state index contributed by atoms with van der Waals surface area (Å²) in [5, 5.41) is 12.4. The number of nitrogens with zero attached hydrogens (tertiary/aromatic N) is 6. The van der Waals surface area contributed by atoms with Crippen LogP contribution in [0.25, 0.3) is 16.6 Å². The molecule has 0 aliphatic carbocycles. The molecule has 1 N–H and O–H groups in total. The highest BCUT2D eigenvalue weighted by atomic mass is 16.5. The summed E-state index contributed by atoms with van der Waals surface area (Å²) in [5.41, 5.74) is 3.83. The molecule has 1 amide bonds. The van der Waals surface area contributed by atoms with Crippen LogP contribution in [0.2, 0.25) is 0 Å². The van der Waals surface area contributed by atoms with E-state index in [-0.39, 0.29) is 29.4 Å². The molecule has 6 rings (SSSR count). The number of benzene rings is 2. The number of carbonyl (C=O) groups is 1. The number of nitrogens with one attached hydrogen (secondary N) is 1. The minimum atomic E-state index is -0.348. The molecule has 1 fully saturated rings. The van der Waals surface area contributed by atoms with Gasteiger partial charge in [-0.2, -0.15) is 10.1 Å². The molecule has 1 saturated heterocycles. The van der Waals surface area contributed by atoms with E-state index in [4.69, 9.17) is 4.52 Å². The van der Waals surface area contributed by atoms with Crippen LogP contribution in [-0.2, 0) is 7.05 Å². The summed E-state index contributed by atoms with van der Waals surface area (Å²) in [6.45, 7) is 2.42. The highest BCUT2D eigenvalue weighted by molar-refractivity contribution is 5.90. The van der Waals surface area contributed by atoms with Crippen LogP contribution >= 0.6 is 0 Å². The van der Waals surface area contributed by atoms with Crippen LogP contribution in [-0.4, -0.2) is 43.0 Å². The van der Waals surface area contributed by atoms with Crippen molar-refractivity contribution in [1.29, 1.82) is 0 Å². The molecule has 5 aromatic rings. The average Bonchev–Trinajstić information content (AvgIpc) is 3.64. The van der Waals surface area contributed by atoms with E-state index in [1.807, 2.05) is 35.1 Å². The third kappa shape index (κ3) is 4.16. The largest absolute Gasteiger partial charge is 0.362 e. The predicted octanol–water partition coefficient (Wildman–Crippen LogP) is 3.17. The van der Waals surface area contributed by atoms with E-state index in [2.05, 4.69) is 49.7 Å². The molecule has 0 spiro atoms. The third-order valence-electron chi connectivity index (χ3n) is 6.78. The van der Waals surface area contributed by atoms with Gasteiger partial charge in [0.05, 0.1) is 29.5 Å². The Labute approximate surface area is 212 Å². The number of amides is 1. The SMILES string of the molecule is Cc1nc(C(=O)NC2CCN(c3ccc4c(cnn4-c4ccc(=O)n(C)c4)c3)C2c2ccccc2)no1. The molecule has 4 heterocycles. The van der Waals surface area contributed by atoms with Crippen molar-refractivity contribution >= 4 is 22.5 Å². The lowest BCUT2D eigenvalue weighted by atomic mass is 9.99. The van der Waals surface area contributed by atoms with Crippen molar-refractivity contribution in [2.24, 2.45) is 7.05 Å². The Morgan fingerprint density at radius 2 is 1.89 bits per heavy atom. The van der Waals surface area contributed by atoms with Crippen LogP contribution in [0.1, 0.15) is 34.5 Å². The zero-order valence-electron chi connectivity index (χ0n) is 20.4. The van der Waals surface area contributed by atoms with Gasteiger partial charge >= 0.3 is 0 Å². The van der Waals surface area contributed by atoms with Crippen molar-refractivity contribution in [3.8, 4) is 5.69 Å². The average molecular weight is 496 g/mol. The molecule has 2 unspecified atom stereocenters. The Kier molecular flexibility index (Phi) is 5.56. The molecule has 3 aromatic heterocycles. The van der Waals surface area contributed by atoms with Crippen LogP contribution in [0, 0.1) is 6.92 Å². The van der Waals surface area contributed by atoms with Gasteiger partial charge < -0.3 is 19.3 Å². The van der Waals surface area contributed by atoms with Gasteiger partial charge in [0.25, 0.3) is 11.7 Å². The summed E-state index contributed by atoms with van der Waals surface area (Å²) in [6.07, 6.45) is 4.36. The number of rotatable bonds is 5. The zero-order chi connectivity index (χ0) is 25.5. The molecule has 186 valence electrons. The Morgan fingerprint density at radius 1 is 1.08 bits per heavy atom. The number of hydrogen-bond donors (Lipinski definition) is 1. The number of hydrogen-bond acceptors (Lipinski definition) is 7. The molecule has 10 nitrogen and oxygen atoms in total. The molecule has 0 radical (unpaired) electrons. The first-order valence-electron chi connectivity index (χ1n) is 12.1. The molecule has 10 heteroatoms. The van der Waals surface area contributed by atoms with Gasteiger partial charge in [-0.05, 0) is 36.2 Å². The van der Waals surface area contributed by atoms with Crippen LogP contribution in [0.5, 0.6) is 0 Å². The second kappa shape index (κ2) is 9.05. The number of fused-ring (bicyclic) bond motifs is 1. The topological polar surface area (TPSA) is 111 Å². The Hall–Kier alpha value is -4.73. The second-order valence-corrected chi connectivity index (χ2v) is 9.19. The lowest BCUT2D eigenvalue weighted by Crippen LogP contribution is -2.40. The molecular formula is C27H25N7O3. The fourth-order valence-electron chi connectivity index (χ4n) is 5.03. The number of aromatic nitrogens is 5. The van der Waals surface area contributed by atoms with E-state index in [0.717, 1.165) is 40.8 Å². The highest BCUT2D eigenvalue weighted by Gasteiger charge is 2.37. The van der Waals surface area contributed by atoms with E-state index in [1.165, 1.54) is 10.6 Å². The minimum absolute atomic E-state index is 0.0370. The van der Waals surface area contributed by atoms with E-state index in [9.17, 15) is 9.59 Å².